The number of carboxylic acids is 1. The van der Waals surface area contributed by atoms with Crippen molar-refractivity contribution in [1.82, 2.24) is 0 Å². The molecular formula is C18H20O3. The third-order valence-corrected chi connectivity index (χ3v) is 3.35. The summed E-state index contributed by atoms with van der Waals surface area (Å²) in [6.07, 6.45) is -0.532. The van der Waals surface area contributed by atoms with Crippen LogP contribution < -0.4 is 4.74 Å². The number of hydrogen-bond donors (Lipinski definition) is 1. The number of carboxylic acid groups (broad SMARTS) is 1. The summed E-state index contributed by atoms with van der Waals surface area (Å²) < 4.78 is 5.77. The Balaban J connectivity index is 2.19. The van der Waals surface area contributed by atoms with Gasteiger partial charge >= 0.3 is 5.97 Å². The third kappa shape index (κ3) is 4.09. The van der Waals surface area contributed by atoms with Gasteiger partial charge in [-0.1, -0.05) is 62.4 Å². The van der Waals surface area contributed by atoms with Gasteiger partial charge in [-0.05, 0) is 23.1 Å². The number of rotatable bonds is 6. The van der Waals surface area contributed by atoms with E-state index in [1.807, 2.05) is 54.6 Å². The topological polar surface area (TPSA) is 46.5 Å². The summed E-state index contributed by atoms with van der Waals surface area (Å²) in [6.45, 7) is 4.13. The molecule has 1 N–H and O–H groups in total. The molecule has 0 saturated heterocycles. The van der Waals surface area contributed by atoms with Crippen molar-refractivity contribution in [3.63, 3.8) is 0 Å². The van der Waals surface area contributed by atoms with Crippen molar-refractivity contribution in [1.29, 1.82) is 0 Å². The minimum Gasteiger partial charge on any atom is -0.478 e. The molecule has 0 aliphatic rings. The van der Waals surface area contributed by atoms with Crippen LogP contribution in [-0.4, -0.2) is 17.2 Å². The zero-order chi connectivity index (χ0) is 15.2. The molecule has 0 saturated carbocycles. The molecular weight excluding hydrogens is 264 g/mol. The minimum absolute atomic E-state index is 0.285. The van der Waals surface area contributed by atoms with Gasteiger partial charge in [0.25, 0.3) is 0 Å². The van der Waals surface area contributed by atoms with Gasteiger partial charge in [0.1, 0.15) is 5.75 Å². The van der Waals surface area contributed by atoms with Gasteiger partial charge in [0.2, 0.25) is 0 Å². The fraction of sp³-hybridized carbons (Fsp3) is 0.278. The molecule has 1 unspecified atom stereocenters. The summed E-state index contributed by atoms with van der Waals surface area (Å²) in [5.41, 5.74) is 1.98. The van der Waals surface area contributed by atoms with Crippen molar-refractivity contribution in [2.45, 2.75) is 32.3 Å². The SMILES string of the molecule is CC(C)c1ccccc1OC(Cc1ccccc1)C(=O)O. The standard InChI is InChI=1S/C18H20O3/c1-13(2)15-10-6-7-11-16(15)21-17(18(19)20)12-14-8-4-3-5-9-14/h3-11,13,17H,12H2,1-2H3,(H,19,20). The lowest BCUT2D eigenvalue weighted by Crippen LogP contribution is -2.29. The van der Waals surface area contributed by atoms with E-state index in [0.29, 0.717) is 12.2 Å². The van der Waals surface area contributed by atoms with Gasteiger partial charge in [-0.25, -0.2) is 4.79 Å². The average Bonchev–Trinajstić information content (AvgIpc) is 2.48. The van der Waals surface area contributed by atoms with Crippen LogP contribution in [0.4, 0.5) is 0 Å². The highest BCUT2D eigenvalue weighted by atomic mass is 16.5. The van der Waals surface area contributed by atoms with E-state index in [1.54, 1.807) is 0 Å². The molecule has 2 rings (SSSR count). The molecule has 2 aromatic rings. The third-order valence-electron chi connectivity index (χ3n) is 3.35. The Morgan fingerprint density at radius 1 is 1.05 bits per heavy atom. The zero-order valence-corrected chi connectivity index (χ0v) is 12.3. The maximum Gasteiger partial charge on any atom is 0.345 e. The highest BCUT2D eigenvalue weighted by Gasteiger charge is 2.21. The molecule has 0 aromatic heterocycles. The minimum atomic E-state index is -0.947. The monoisotopic (exact) mass is 284 g/mol. The van der Waals surface area contributed by atoms with Crippen molar-refractivity contribution in [3.05, 3.63) is 65.7 Å². The molecule has 0 radical (unpaired) electrons. The Morgan fingerprint density at radius 3 is 2.29 bits per heavy atom. The van der Waals surface area contributed by atoms with Crippen LogP contribution in [0.15, 0.2) is 54.6 Å². The first-order chi connectivity index (χ1) is 10.1. The molecule has 0 fully saturated rings. The van der Waals surface area contributed by atoms with Crippen LogP contribution >= 0.6 is 0 Å². The number of benzene rings is 2. The summed E-state index contributed by atoms with van der Waals surface area (Å²) in [6, 6.07) is 17.1. The van der Waals surface area contributed by atoms with E-state index in [4.69, 9.17) is 4.74 Å². The second kappa shape index (κ2) is 6.93. The Labute approximate surface area is 125 Å². The molecule has 0 aliphatic carbocycles. The number of aliphatic carboxylic acids is 1. The van der Waals surface area contributed by atoms with E-state index in [0.717, 1.165) is 11.1 Å². The fourth-order valence-corrected chi connectivity index (χ4v) is 2.23. The fourth-order valence-electron chi connectivity index (χ4n) is 2.23. The zero-order valence-electron chi connectivity index (χ0n) is 12.3. The van der Waals surface area contributed by atoms with E-state index < -0.39 is 12.1 Å². The van der Waals surface area contributed by atoms with Gasteiger partial charge in [-0.3, -0.25) is 0 Å². The van der Waals surface area contributed by atoms with Crippen LogP contribution in [-0.2, 0) is 11.2 Å². The smallest absolute Gasteiger partial charge is 0.345 e. The van der Waals surface area contributed by atoms with Crippen LogP contribution in [0, 0.1) is 0 Å². The molecule has 110 valence electrons. The van der Waals surface area contributed by atoms with Gasteiger partial charge in [-0.15, -0.1) is 0 Å². The predicted molar refractivity (Wildman–Crippen MR) is 82.7 cm³/mol. The molecule has 0 amide bonds. The summed E-state index contributed by atoms with van der Waals surface area (Å²) in [7, 11) is 0. The first kappa shape index (κ1) is 15.1. The number of para-hydroxylation sites is 1. The van der Waals surface area contributed by atoms with E-state index in [2.05, 4.69) is 13.8 Å². The van der Waals surface area contributed by atoms with E-state index in [-0.39, 0.29) is 5.92 Å². The van der Waals surface area contributed by atoms with E-state index in [9.17, 15) is 9.90 Å². The summed E-state index contributed by atoms with van der Waals surface area (Å²) in [5, 5.41) is 9.40. The lowest BCUT2D eigenvalue weighted by Gasteiger charge is -2.19. The second-order valence-corrected chi connectivity index (χ2v) is 5.33. The lowest BCUT2D eigenvalue weighted by atomic mass is 10.0. The number of ether oxygens (including phenoxy) is 1. The van der Waals surface area contributed by atoms with Crippen molar-refractivity contribution >= 4 is 5.97 Å². The van der Waals surface area contributed by atoms with Crippen LogP contribution in [0.5, 0.6) is 5.75 Å². The van der Waals surface area contributed by atoms with Gasteiger partial charge in [-0.2, -0.15) is 0 Å². The van der Waals surface area contributed by atoms with Gasteiger partial charge < -0.3 is 9.84 Å². The van der Waals surface area contributed by atoms with E-state index in [1.165, 1.54) is 0 Å². The Hall–Kier alpha value is -2.29. The van der Waals surface area contributed by atoms with Crippen molar-refractivity contribution in [2.75, 3.05) is 0 Å². The van der Waals surface area contributed by atoms with E-state index >= 15 is 0 Å². The highest BCUT2D eigenvalue weighted by molar-refractivity contribution is 5.73. The van der Waals surface area contributed by atoms with Crippen LogP contribution in [0.2, 0.25) is 0 Å². The van der Waals surface area contributed by atoms with Gasteiger partial charge in [0.05, 0.1) is 0 Å². The summed E-state index contributed by atoms with van der Waals surface area (Å²) in [5.74, 6) is -0.0133. The maximum atomic E-state index is 11.5. The first-order valence-electron chi connectivity index (χ1n) is 7.10. The molecule has 3 heteroatoms. The molecule has 21 heavy (non-hydrogen) atoms. The molecule has 0 heterocycles. The normalized spacial score (nSPS) is 12.1. The highest BCUT2D eigenvalue weighted by Crippen LogP contribution is 2.27. The second-order valence-electron chi connectivity index (χ2n) is 5.33. The van der Waals surface area contributed by atoms with Crippen LogP contribution in [0.25, 0.3) is 0 Å². The first-order valence-corrected chi connectivity index (χ1v) is 7.10. The number of hydrogen-bond acceptors (Lipinski definition) is 2. The summed E-state index contributed by atoms with van der Waals surface area (Å²) in [4.78, 5) is 11.5. The quantitative estimate of drug-likeness (QED) is 0.875. The molecule has 1 atom stereocenters. The Bertz CT molecular complexity index is 590. The molecule has 0 bridgehead atoms. The predicted octanol–water partition coefficient (Wildman–Crippen LogP) is 3.88. The Kier molecular flexibility index (Phi) is 4.99. The summed E-state index contributed by atoms with van der Waals surface area (Å²) >= 11 is 0. The molecule has 0 aliphatic heterocycles. The maximum absolute atomic E-state index is 11.5. The lowest BCUT2D eigenvalue weighted by molar-refractivity contribution is -0.145. The van der Waals surface area contributed by atoms with Crippen molar-refractivity contribution < 1.29 is 14.6 Å². The molecule has 3 nitrogen and oxygen atoms in total. The van der Waals surface area contributed by atoms with Gasteiger partial charge in [0.15, 0.2) is 6.10 Å². The van der Waals surface area contributed by atoms with Gasteiger partial charge in [0, 0.05) is 6.42 Å². The van der Waals surface area contributed by atoms with Crippen molar-refractivity contribution in [2.24, 2.45) is 0 Å². The van der Waals surface area contributed by atoms with Crippen LogP contribution in [0.1, 0.15) is 30.9 Å². The Morgan fingerprint density at radius 2 is 1.67 bits per heavy atom. The molecule has 0 spiro atoms. The van der Waals surface area contributed by atoms with Crippen molar-refractivity contribution in [3.8, 4) is 5.75 Å². The largest absolute Gasteiger partial charge is 0.478 e. The molecule has 2 aromatic carbocycles. The average molecular weight is 284 g/mol. The van der Waals surface area contributed by atoms with Crippen LogP contribution in [0.3, 0.4) is 0 Å². The number of carbonyl (C=O) groups is 1.